The molecule has 0 aliphatic rings. The second-order valence-corrected chi connectivity index (χ2v) is 4.90. The van der Waals surface area contributed by atoms with E-state index in [-0.39, 0.29) is 22.8 Å². The zero-order valence-corrected chi connectivity index (χ0v) is 13.2. The number of rotatable bonds is 6. The van der Waals surface area contributed by atoms with Gasteiger partial charge < -0.3 is 10.1 Å². The van der Waals surface area contributed by atoms with Crippen molar-refractivity contribution in [2.75, 3.05) is 5.32 Å². The number of benzene rings is 2. The van der Waals surface area contributed by atoms with E-state index in [4.69, 9.17) is 10.00 Å². The zero-order valence-electron chi connectivity index (χ0n) is 13.2. The molecular formula is C16H11N7O3. The minimum absolute atomic E-state index is 0.0673. The molecule has 3 aromatic rings. The largest absolute Gasteiger partial charge is 0.457 e. The number of hydrogen-bond acceptors (Lipinski definition) is 8. The number of aromatic amines is 1. The lowest BCUT2D eigenvalue weighted by Crippen LogP contribution is -1.98. The summed E-state index contributed by atoms with van der Waals surface area (Å²) in [5.41, 5.74) is 0.0457. The molecule has 2 N–H and O–H groups in total. The van der Waals surface area contributed by atoms with Gasteiger partial charge in [-0.3, -0.25) is 10.1 Å². The van der Waals surface area contributed by atoms with Crippen LogP contribution in [-0.2, 0) is 0 Å². The Bertz CT molecular complexity index is 979. The first-order valence-electron chi connectivity index (χ1n) is 7.29. The second-order valence-electron chi connectivity index (χ2n) is 4.90. The van der Waals surface area contributed by atoms with Gasteiger partial charge in [0.05, 0.1) is 11.0 Å². The minimum Gasteiger partial charge on any atom is -0.457 e. The average molecular weight is 349 g/mol. The van der Waals surface area contributed by atoms with Crippen LogP contribution in [0.3, 0.4) is 0 Å². The van der Waals surface area contributed by atoms with Crippen LogP contribution >= 0.6 is 0 Å². The van der Waals surface area contributed by atoms with Gasteiger partial charge in [0.1, 0.15) is 28.8 Å². The number of aromatic nitrogens is 4. The molecule has 0 bridgehead atoms. The Morgan fingerprint density at radius 2 is 2.08 bits per heavy atom. The van der Waals surface area contributed by atoms with Crippen LogP contribution in [0.1, 0.15) is 5.82 Å². The predicted molar refractivity (Wildman–Crippen MR) is 91.0 cm³/mol. The molecule has 1 heterocycles. The van der Waals surface area contributed by atoms with E-state index < -0.39 is 4.92 Å². The van der Waals surface area contributed by atoms with Gasteiger partial charge in [0.25, 0.3) is 5.69 Å². The number of H-pyrrole nitrogens is 1. The lowest BCUT2D eigenvalue weighted by Gasteiger charge is -2.08. The van der Waals surface area contributed by atoms with E-state index in [1.807, 2.05) is 12.1 Å². The maximum absolute atomic E-state index is 11.4. The van der Waals surface area contributed by atoms with Gasteiger partial charge in [-0.1, -0.05) is 18.2 Å². The van der Waals surface area contributed by atoms with Gasteiger partial charge >= 0.3 is 0 Å². The summed E-state index contributed by atoms with van der Waals surface area (Å²) in [6.07, 6.45) is 1.27. The molecule has 0 saturated heterocycles. The molecule has 1 aromatic heterocycles. The van der Waals surface area contributed by atoms with Crippen LogP contribution in [0, 0.1) is 21.4 Å². The number of allylic oxidation sites excluding steroid dienone is 1. The van der Waals surface area contributed by atoms with Crippen LogP contribution < -0.4 is 10.1 Å². The van der Waals surface area contributed by atoms with Gasteiger partial charge in [-0.25, -0.2) is 0 Å². The molecule has 128 valence electrons. The van der Waals surface area contributed by atoms with Crippen LogP contribution in [0.25, 0.3) is 5.57 Å². The van der Waals surface area contributed by atoms with E-state index in [2.05, 4.69) is 25.9 Å². The topological polar surface area (TPSA) is 143 Å². The van der Waals surface area contributed by atoms with Gasteiger partial charge in [-0.05, 0) is 29.5 Å². The van der Waals surface area contributed by atoms with Crippen molar-refractivity contribution in [1.29, 1.82) is 5.26 Å². The van der Waals surface area contributed by atoms with Crippen LogP contribution in [0.2, 0.25) is 0 Å². The molecule has 0 amide bonds. The van der Waals surface area contributed by atoms with E-state index in [9.17, 15) is 10.1 Å². The Balaban J connectivity index is 1.85. The zero-order chi connectivity index (χ0) is 18.4. The number of anilines is 1. The van der Waals surface area contributed by atoms with E-state index in [0.717, 1.165) is 0 Å². The molecule has 10 nitrogen and oxygen atoms in total. The first-order chi connectivity index (χ1) is 12.7. The van der Waals surface area contributed by atoms with E-state index >= 15 is 0 Å². The van der Waals surface area contributed by atoms with Crippen molar-refractivity contribution in [2.24, 2.45) is 0 Å². The van der Waals surface area contributed by atoms with Crippen LogP contribution in [0.4, 0.5) is 11.4 Å². The van der Waals surface area contributed by atoms with Crippen molar-refractivity contribution >= 4 is 16.9 Å². The summed E-state index contributed by atoms with van der Waals surface area (Å²) < 4.78 is 5.60. The lowest BCUT2D eigenvalue weighted by atomic mass is 10.2. The number of ether oxygens (including phenoxy) is 1. The van der Waals surface area contributed by atoms with Crippen LogP contribution in [0.15, 0.2) is 54.7 Å². The molecule has 26 heavy (non-hydrogen) atoms. The third-order valence-electron chi connectivity index (χ3n) is 3.22. The highest BCUT2D eigenvalue weighted by Gasteiger charge is 2.16. The third kappa shape index (κ3) is 3.80. The number of tetrazole rings is 1. The molecule has 0 radical (unpaired) electrons. The smallest absolute Gasteiger partial charge is 0.296 e. The van der Waals surface area contributed by atoms with Crippen molar-refractivity contribution in [3.05, 3.63) is 70.7 Å². The van der Waals surface area contributed by atoms with E-state index in [0.29, 0.717) is 11.5 Å². The molecule has 3 rings (SSSR count). The number of hydrogen-bond donors (Lipinski definition) is 2. The molecule has 0 aliphatic carbocycles. The highest BCUT2D eigenvalue weighted by molar-refractivity contribution is 5.76. The summed E-state index contributed by atoms with van der Waals surface area (Å²) in [6.45, 7) is 0. The van der Waals surface area contributed by atoms with E-state index in [1.165, 1.54) is 18.3 Å². The van der Waals surface area contributed by atoms with Crippen LogP contribution in [-0.4, -0.2) is 25.5 Å². The van der Waals surface area contributed by atoms with Crippen molar-refractivity contribution in [3.8, 4) is 17.6 Å². The average Bonchev–Trinajstić information content (AvgIpc) is 3.18. The first kappa shape index (κ1) is 16.6. The lowest BCUT2D eigenvalue weighted by molar-refractivity contribution is -0.384. The molecule has 0 atom stereocenters. The number of nitriles is 1. The summed E-state index contributed by atoms with van der Waals surface area (Å²) in [5.74, 6) is 0.953. The molecule has 0 saturated carbocycles. The van der Waals surface area contributed by atoms with Crippen molar-refractivity contribution < 1.29 is 9.66 Å². The van der Waals surface area contributed by atoms with Crippen LogP contribution in [0.5, 0.6) is 11.5 Å². The first-order valence-corrected chi connectivity index (χ1v) is 7.29. The Morgan fingerprint density at radius 1 is 1.27 bits per heavy atom. The summed E-state index contributed by atoms with van der Waals surface area (Å²) >= 11 is 0. The highest BCUT2D eigenvalue weighted by Crippen LogP contribution is 2.31. The number of nitrogens with zero attached hydrogens (tertiary/aromatic N) is 5. The van der Waals surface area contributed by atoms with E-state index in [1.54, 1.807) is 30.3 Å². The highest BCUT2D eigenvalue weighted by atomic mass is 16.6. The third-order valence-corrected chi connectivity index (χ3v) is 3.22. The second kappa shape index (κ2) is 7.54. The molecule has 0 aliphatic heterocycles. The Labute approximate surface area is 146 Å². The molecule has 10 heteroatoms. The van der Waals surface area contributed by atoms with Gasteiger partial charge in [0.2, 0.25) is 5.82 Å². The number of nitro groups is 1. The monoisotopic (exact) mass is 349 g/mol. The number of para-hydroxylation sites is 1. The number of nitro benzene ring substituents is 1. The Kier molecular flexibility index (Phi) is 4.81. The summed E-state index contributed by atoms with van der Waals surface area (Å²) in [5, 5.41) is 36.2. The fourth-order valence-electron chi connectivity index (χ4n) is 2.05. The quantitative estimate of drug-likeness (QED) is 0.393. The Morgan fingerprint density at radius 3 is 2.73 bits per heavy atom. The molecular weight excluding hydrogens is 338 g/mol. The molecule has 2 aromatic carbocycles. The predicted octanol–water partition coefficient (Wildman–Crippen LogP) is 2.88. The van der Waals surface area contributed by atoms with Gasteiger partial charge in [0.15, 0.2) is 0 Å². The number of nitrogens with one attached hydrogen (secondary N) is 2. The summed E-state index contributed by atoms with van der Waals surface area (Å²) in [4.78, 5) is 10.8. The SMILES string of the molecule is N#CC(=CNc1ccc(Oc2ccccc2)cc1[N+](=O)[O-])c1nn[nH]n1. The Hall–Kier alpha value is -4.26. The maximum atomic E-state index is 11.4. The normalized spacial score (nSPS) is 10.8. The van der Waals surface area contributed by atoms with Gasteiger partial charge in [-0.15, -0.1) is 10.2 Å². The summed E-state index contributed by atoms with van der Waals surface area (Å²) in [6, 6.07) is 15.2. The molecule has 0 spiro atoms. The minimum atomic E-state index is -0.547. The van der Waals surface area contributed by atoms with Crippen molar-refractivity contribution in [2.45, 2.75) is 0 Å². The van der Waals surface area contributed by atoms with Crippen molar-refractivity contribution in [1.82, 2.24) is 20.6 Å². The standard InChI is InChI=1S/C16H11N7O3/c17-9-11(16-19-21-22-20-16)10-18-14-7-6-13(8-15(14)23(24)25)26-12-4-2-1-3-5-12/h1-8,10,18H,(H,19,20,21,22). The summed E-state index contributed by atoms with van der Waals surface area (Å²) in [7, 11) is 0. The van der Waals surface area contributed by atoms with Gasteiger partial charge in [-0.2, -0.15) is 10.5 Å². The maximum Gasteiger partial charge on any atom is 0.296 e. The molecule has 0 fully saturated rings. The molecule has 0 unspecified atom stereocenters. The fourth-order valence-corrected chi connectivity index (χ4v) is 2.05. The fraction of sp³-hybridized carbons (Fsp3) is 0. The van der Waals surface area contributed by atoms with Gasteiger partial charge in [0, 0.05) is 6.20 Å². The van der Waals surface area contributed by atoms with Crippen molar-refractivity contribution in [3.63, 3.8) is 0 Å².